The number of hydrogen-bond acceptors (Lipinski definition) is 2. The molecule has 0 saturated carbocycles. The zero-order chi connectivity index (χ0) is 14.7. The second kappa shape index (κ2) is 6.23. The smallest absolute Gasteiger partial charge is 0.200 e. The molecule has 0 spiro atoms. The molecule has 20 heavy (non-hydrogen) atoms. The Bertz CT molecular complexity index is 589. The summed E-state index contributed by atoms with van der Waals surface area (Å²) in [7, 11) is 0. The van der Waals surface area contributed by atoms with Crippen molar-refractivity contribution in [2.24, 2.45) is 0 Å². The highest BCUT2D eigenvalue weighted by molar-refractivity contribution is 7.94. The molecule has 1 nitrogen and oxygen atoms in total. The molecule has 0 aliphatic carbocycles. The van der Waals surface area contributed by atoms with Gasteiger partial charge in [0.1, 0.15) is 0 Å². The molecular formula is C13H7F5OS. The molecule has 0 heterocycles. The Morgan fingerprint density at radius 1 is 0.750 bits per heavy atom. The van der Waals surface area contributed by atoms with E-state index >= 15 is 0 Å². The van der Waals surface area contributed by atoms with Gasteiger partial charge >= 0.3 is 0 Å². The molecule has 0 bridgehead atoms. The fourth-order valence-electron chi connectivity index (χ4n) is 1.41. The zero-order valence-electron chi connectivity index (χ0n) is 9.80. The van der Waals surface area contributed by atoms with Gasteiger partial charge in [-0.3, -0.25) is 0 Å². The van der Waals surface area contributed by atoms with Gasteiger partial charge in [-0.1, -0.05) is 18.2 Å². The Balaban J connectivity index is 2.14. The highest BCUT2D eigenvalue weighted by atomic mass is 32.2. The number of rotatable bonds is 4. The minimum Gasteiger partial charge on any atom is -0.305 e. The van der Waals surface area contributed by atoms with Crippen molar-refractivity contribution in [3.8, 4) is 0 Å². The molecule has 106 valence electrons. The van der Waals surface area contributed by atoms with Crippen LogP contribution in [0.5, 0.6) is 0 Å². The number of benzene rings is 2. The highest BCUT2D eigenvalue weighted by Crippen LogP contribution is 2.26. The van der Waals surface area contributed by atoms with Crippen molar-refractivity contribution >= 4 is 12.0 Å². The fourth-order valence-corrected chi connectivity index (χ4v) is 1.99. The molecule has 2 aromatic carbocycles. The summed E-state index contributed by atoms with van der Waals surface area (Å²) in [6.07, 6.45) is 0. The van der Waals surface area contributed by atoms with Crippen LogP contribution < -0.4 is 0 Å². The summed E-state index contributed by atoms with van der Waals surface area (Å²) in [5.41, 5.74) is -0.996. The molecule has 0 saturated heterocycles. The van der Waals surface area contributed by atoms with E-state index in [1.807, 2.05) is 0 Å². The lowest BCUT2D eigenvalue weighted by atomic mass is 10.2. The van der Waals surface area contributed by atoms with Gasteiger partial charge < -0.3 is 4.18 Å². The van der Waals surface area contributed by atoms with Crippen LogP contribution in [0.4, 0.5) is 22.0 Å². The van der Waals surface area contributed by atoms with Gasteiger partial charge in [0.05, 0.1) is 12.2 Å². The third-order valence-corrected chi connectivity index (χ3v) is 3.10. The molecule has 2 rings (SSSR count). The molecule has 0 radical (unpaired) electrons. The first-order valence-electron chi connectivity index (χ1n) is 5.37. The quantitative estimate of drug-likeness (QED) is 0.353. The van der Waals surface area contributed by atoms with Gasteiger partial charge in [0.2, 0.25) is 5.82 Å². The van der Waals surface area contributed by atoms with Crippen molar-refractivity contribution in [2.45, 2.75) is 11.5 Å². The summed E-state index contributed by atoms with van der Waals surface area (Å²) in [5, 5.41) is 0. The van der Waals surface area contributed by atoms with Crippen LogP contribution in [-0.2, 0) is 10.8 Å². The van der Waals surface area contributed by atoms with E-state index in [1.165, 1.54) is 0 Å². The first-order valence-corrected chi connectivity index (χ1v) is 6.11. The Kier molecular flexibility index (Phi) is 4.61. The van der Waals surface area contributed by atoms with E-state index in [4.69, 9.17) is 4.18 Å². The van der Waals surface area contributed by atoms with E-state index in [0.29, 0.717) is 4.90 Å². The predicted molar refractivity (Wildman–Crippen MR) is 63.3 cm³/mol. The van der Waals surface area contributed by atoms with Crippen molar-refractivity contribution in [3.05, 3.63) is 65.0 Å². The first kappa shape index (κ1) is 14.8. The Hall–Kier alpha value is -1.60. The average Bonchev–Trinajstić information content (AvgIpc) is 2.48. The van der Waals surface area contributed by atoms with E-state index in [0.717, 1.165) is 12.0 Å². The van der Waals surface area contributed by atoms with Crippen molar-refractivity contribution in [2.75, 3.05) is 0 Å². The van der Waals surface area contributed by atoms with Crippen molar-refractivity contribution in [1.82, 2.24) is 0 Å². The van der Waals surface area contributed by atoms with Crippen LogP contribution in [0.25, 0.3) is 0 Å². The molecule has 0 aliphatic rings. The summed E-state index contributed by atoms with van der Waals surface area (Å²) in [6.45, 7) is -0.745. The Labute approximate surface area is 115 Å². The standard InChI is InChI=1S/C13H7F5OS/c14-9-8(10(15)12(17)13(18)11(9)16)6-19-20-7-4-2-1-3-5-7/h1-5H,6H2. The fraction of sp³-hybridized carbons (Fsp3) is 0.0769. The maximum atomic E-state index is 13.3. The normalized spacial score (nSPS) is 10.8. The molecule has 0 amide bonds. The molecule has 0 fully saturated rings. The minimum absolute atomic E-state index is 0.636. The molecule has 0 N–H and O–H groups in total. The summed E-state index contributed by atoms with van der Waals surface area (Å²) >= 11 is 0.777. The Morgan fingerprint density at radius 2 is 1.25 bits per heavy atom. The maximum Gasteiger partial charge on any atom is 0.200 e. The SMILES string of the molecule is Fc1c(F)c(F)c(COSc2ccccc2)c(F)c1F. The van der Waals surface area contributed by atoms with E-state index in [9.17, 15) is 22.0 Å². The van der Waals surface area contributed by atoms with Crippen LogP contribution in [0.2, 0.25) is 0 Å². The lowest BCUT2D eigenvalue weighted by Gasteiger charge is -2.08. The second-order valence-electron chi connectivity index (χ2n) is 3.71. The third-order valence-electron chi connectivity index (χ3n) is 2.40. The molecule has 7 heteroatoms. The van der Waals surface area contributed by atoms with E-state index in [1.54, 1.807) is 30.3 Å². The van der Waals surface area contributed by atoms with Crippen LogP contribution in [0.3, 0.4) is 0 Å². The summed E-state index contributed by atoms with van der Waals surface area (Å²) < 4.78 is 70.2. The van der Waals surface area contributed by atoms with Gasteiger partial charge in [-0.05, 0) is 12.1 Å². The highest BCUT2D eigenvalue weighted by Gasteiger charge is 2.25. The zero-order valence-corrected chi connectivity index (χ0v) is 10.6. The number of halogens is 5. The van der Waals surface area contributed by atoms with Crippen LogP contribution in [0, 0.1) is 29.1 Å². The van der Waals surface area contributed by atoms with Crippen LogP contribution in [0.15, 0.2) is 35.2 Å². The van der Waals surface area contributed by atoms with Gasteiger partial charge in [0, 0.05) is 16.9 Å². The van der Waals surface area contributed by atoms with E-state index in [2.05, 4.69) is 0 Å². The molecular weight excluding hydrogens is 299 g/mol. The monoisotopic (exact) mass is 306 g/mol. The van der Waals surface area contributed by atoms with Crippen LogP contribution >= 0.6 is 12.0 Å². The lowest BCUT2D eigenvalue weighted by molar-refractivity contribution is 0.315. The third kappa shape index (κ3) is 2.94. The minimum atomic E-state index is -2.18. The van der Waals surface area contributed by atoms with Crippen molar-refractivity contribution in [3.63, 3.8) is 0 Å². The molecule has 2 aromatic rings. The van der Waals surface area contributed by atoms with Gasteiger partial charge in [0.25, 0.3) is 0 Å². The summed E-state index contributed by atoms with van der Waals surface area (Å²) in [5.74, 6) is -9.90. The van der Waals surface area contributed by atoms with Crippen LogP contribution in [0.1, 0.15) is 5.56 Å². The van der Waals surface area contributed by atoms with Gasteiger partial charge in [0.15, 0.2) is 23.3 Å². The van der Waals surface area contributed by atoms with E-state index < -0.39 is 41.3 Å². The molecule has 0 atom stereocenters. The van der Waals surface area contributed by atoms with Crippen molar-refractivity contribution in [1.29, 1.82) is 0 Å². The average molecular weight is 306 g/mol. The largest absolute Gasteiger partial charge is 0.305 e. The van der Waals surface area contributed by atoms with E-state index in [-0.39, 0.29) is 0 Å². The van der Waals surface area contributed by atoms with Crippen molar-refractivity contribution < 1.29 is 26.1 Å². The Morgan fingerprint density at radius 3 is 1.80 bits per heavy atom. The second-order valence-corrected chi connectivity index (χ2v) is 4.58. The predicted octanol–water partition coefficient (Wildman–Crippen LogP) is 4.61. The maximum absolute atomic E-state index is 13.3. The summed E-state index contributed by atoms with van der Waals surface area (Å²) in [6, 6.07) is 8.52. The van der Waals surface area contributed by atoms with Gasteiger partial charge in [-0.15, -0.1) is 0 Å². The molecule has 0 unspecified atom stereocenters. The molecule has 0 aliphatic heterocycles. The summed E-state index contributed by atoms with van der Waals surface area (Å²) in [4.78, 5) is 0.636. The van der Waals surface area contributed by atoms with Gasteiger partial charge in [-0.25, -0.2) is 22.0 Å². The number of hydrogen-bond donors (Lipinski definition) is 0. The van der Waals surface area contributed by atoms with Gasteiger partial charge in [-0.2, -0.15) is 0 Å². The first-order chi connectivity index (χ1) is 9.52. The lowest BCUT2D eigenvalue weighted by Crippen LogP contribution is -2.07. The van der Waals surface area contributed by atoms with Crippen LogP contribution in [-0.4, -0.2) is 0 Å². The topological polar surface area (TPSA) is 9.23 Å². The molecule has 0 aromatic heterocycles.